The number of halogens is 1. The van der Waals surface area contributed by atoms with E-state index in [4.69, 9.17) is 5.11 Å². The van der Waals surface area contributed by atoms with Gasteiger partial charge in [0.1, 0.15) is 5.82 Å². The number of aryl methyl sites for hydroxylation is 1. The first-order chi connectivity index (χ1) is 8.13. The van der Waals surface area contributed by atoms with Gasteiger partial charge in [-0.05, 0) is 19.1 Å². The number of hydrogen-bond donors (Lipinski definition) is 1. The Balaban J connectivity index is 2.37. The lowest BCUT2D eigenvalue weighted by Gasteiger charge is -2.16. The summed E-state index contributed by atoms with van der Waals surface area (Å²) in [6, 6.07) is 6.55. The van der Waals surface area contributed by atoms with Gasteiger partial charge in [-0.3, -0.25) is 0 Å². The highest BCUT2D eigenvalue weighted by molar-refractivity contribution is 7.15. The van der Waals surface area contributed by atoms with Gasteiger partial charge in [0.2, 0.25) is 0 Å². The molecule has 3 nitrogen and oxygen atoms in total. The second kappa shape index (κ2) is 4.81. The molecule has 0 aliphatic rings. The topological polar surface area (TPSA) is 36.4 Å². The average Bonchev–Trinajstić information content (AvgIpc) is 2.70. The molecule has 0 amide bonds. The minimum atomic E-state index is -0.284. The molecule has 0 spiro atoms. The highest BCUT2D eigenvalue weighted by Crippen LogP contribution is 2.31. The molecule has 0 aliphatic carbocycles. The van der Waals surface area contributed by atoms with Crippen LogP contribution in [0.15, 0.2) is 24.3 Å². The molecule has 0 saturated heterocycles. The third-order valence-corrected chi connectivity index (χ3v) is 3.74. The Morgan fingerprint density at radius 3 is 2.71 bits per heavy atom. The van der Waals surface area contributed by atoms with E-state index in [9.17, 15) is 4.39 Å². The molecule has 0 atom stereocenters. The van der Waals surface area contributed by atoms with Gasteiger partial charge in [-0.25, -0.2) is 9.37 Å². The third-order valence-electron chi connectivity index (χ3n) is 2.53. The summed E-state index contributed by atoms with van der Waals surface area (Å²) < 4.78 is 13.6. The van der Waals surface area contributed by atoms with E-state index in [0.29, 0.717) is 10.8 Å². The zero-order valence-electron chi connectivity index (χ0n) is 9.64. The van der Waals surface area contributed by atoms with Crippen molar-refractivity contribution < 1.29 is 9.50 Å². The number of nitrogens with zero attached hydrogens (tertiary/aromatic N) is 2. The van der Waals surface area contributed by atoms with Gasteiger partial charge in [0.15, 0.2) is 5.13 Å². The van der Waals surface area contributed by atoms with Crippen molar-refractivity contribution in [3.63, 3.8) is 0 Å². The van der Waals surface area contributed by atoms with Crippen LogP contribution in [-0.4, -0.2) is 17.1 Å². The standard InChI is InChI=1S/C12H13FN2OS/c1-8-11(7-16)17-12(14-8)15(2)10-6-4-3-5-9(10)13/h3-6,16H,7H2,1-2H3. The minimum Gasteiger partial charge on any atom is -0.391 e. The molecule has 0 bridgehead atoms. The van der Waals surface area contributed by atoms with E-state index >= 15 is 0 Å². The second-order valence-electron chi connectivity index (χ2n) is 3.67. The Hall–Kier alpha value is -1.46. The summed E-state index contributed by atoms with van der Waals surface area (Å²) in [7, 11) is 1.76. The highest BCUT2D eigenvalue weighted by Gasteiger charge is 2.14. The zero-order chi connectivity index (χ0) is 12.4. The van der Waals surface area contributed by atoms with Crippen LogP contribution in [0.5, 0.6) is 0 Å². The molecular weight excluding hydrogens is 239 g/mol. The van der Waals surface area contributed by atoms with E-state index < -0.39 is 0 Å². The number of anilines is 2. The molecule has 0 fully saturated rings. The second-order valence-corrected chi connectivity index (χ2v) is 4.74. The van der Waals surface area contributed by atoms with Crippen LogP contribution in [0.1, 0.15) is 10.6 Å². The van der Waals surface area contributed by atoms with Crippen LogP contribution >= 0.6 is 11.3 Å². The molecule has 5 heteroatoms. The Morgan fingerprint density at radius 2 is 2.12 bits per heavy atom. The monoisotopic (exact) mass is 252 g/mol. The summed E-state index contributed by atoms with van der Waals surface area (Å²) in [5, 5.41) is 9.79. The molecule has 0 radical (unpaired) electrons. The largest absolute Gasteiger partial charge is 0.391 e. The van der Waals surface area contributed by atoms with Gasteiger partial charge in [0.25, 0.3) is 0 Å². The maximum atomic E-state index is 13.6. The molecule has 1 aromatic heterocycles. The molecule has 2 aromatic rings. The normalized spacial score (nSPS) is 10.6. The Morgan fingerprint density at radius 1 is 1.41 bits per heavy atom. The molecule has 90 valence electrons. The molecule has 17 heavy (non-hydrogen) atoms. The van der Waals surface area contributed by atoms with Crippen molar-refractivity contribution in [2.24, 2.45) is 0 Å². The van der Waals surface area contributed by atoms with E-state index in [0.717, 1.165) is 10.6 Å². The van der Waals surface area contributed by atoms with Crippen LogP contribution in [0, 0.1) is 12.7 Å². The van der Waals surface area contributed by atoms with Gasteiger partial charge in [0, 0.05) is 7.05 Å². The Bertz CT molecular complexity index is 527. The van der Waals surface area contributed by atoms with E-state index in [1.54, 1.807) is 30.1 Å². The number of aliphatic hydroxyl groups is 1. The molecule has 1 N–H and O–H groups in total. The first-order valence-electron chi connectivity index (χ1n) is 5.19. The van der Waals surface area contributed by atoms with Crippen molar-refractivity contribution in [2.45, 2.75) is 13.5 Å². The van der Waals surface area contributed by atoms with Crippen molar-refractivity contribution in [3.05, 3.63) is 40.7 Å². The van der Waals surface area contributed by atoms with Crippen molar-refractivity contribution in [1.82, 2.24) is 4.98 Å². The lowest BCUT2D eigenvalue weighted by molar-refractivity contribution is 0.284. The highest BCUT2D eigenvalue weighted by atomic mass is 32.1. The summed E-state index contributed by atoms with van der Waals surface area (Å²) >= 11 is 1.37. The number of para-hydroxylation sites is 1. The lowest BCUT2D eigenvalue weighted by atomic mass is 10.3. The number of hydrogen-bond acceptors (Lipinski definition) is 4. The summed E-state index contributed by atoms with van der Waals surface area (Å²) in [6.45, 7) is 1.80. The molecule has 0 saturated carbocycles. The fourth-order valence-corrected chi connectivity index (χ4v) is 2.43. The number of thiazole rings is 1. The third kappa shape index (κ3) is 2.30. The van der Waals surface area contributed by atoms with Crippen LogP contribution in [-0.2, 0) is 6.61 Å². The van der Waals surface area contributed by atoms with Crippen LogP contribution < -0.4 is 4.90 Å². The van der Waals surface area contributed by atoms with Crippen LogP contribution in [0.2, 0.25) is 0 Å². The average molecular weight is 252 g/mol. The smallest absolute Gasteiger partial charge is 0.190 e. The molecule has 0 unspecified atom stereocenters. The van der Waals surface area contributed by atoms with Crippen molar-refractivity contribution in [3.8, 4) is 0 Å². The maximum absolute atomic E-state index is 13.6. The predicted molar refractivity (Wildman–Crippen MR) is 67.2 cm³/mol. The number of benzene rings is 1. The van der Waals surface area contributed by atoms with Gasteiger partial charge >= 0.3 is 0 Å². The molecule has 0 aliphatic heterocycles. The van der Waals surface area contributed by atoms with Gasteiger partial charge in [-0.2, -0.15) is 0 Å². The fourth-order valence-electron chi connectivity index (χ4n) is 1.53. The number of rotatable bonds is 3. The predicted octanol–water partition coefficient (Wildman–Crippen LogP) is 2.85. The van der Waals surface area contributed by atoms with Gasteiger partial charge in [-0.15, -0.1) is 0 Å². The van der Waals surface area contributed by atoms with Crippen LogP contribution in [0.4, 0.5) is 15.2 Å². The van der Waals surface area contributed by atoms with Crippen molar-refractivity contribution in [2.75, 3.05) is 11.9 Å². The molecule has 1 heterocycles. The molecule has 2 rings (SSSR count). The summed E-state index contributed by atoms with van der Waals surface area (Å²) in [5.41, 5.74) is 1.27. The van der Waals surface area contributed by atoms with Gasteiger partial charge in [0.05, 0.1) is 22.9 Å². The first-order valence-corrected chi connectivity index (χ1v) is 6.00. The number of aliphatic hydroxyl groups excluding tert-OH is 1. The van der Waals surface area contributed by atoms with Gasteiger partial charge in [-0.1, -0.05) is 23.5 Å². The van der Waals surface area contributed by atoms with E-state index in [1.807, 2.05) is 6.92 Å². The van der Waals surface area contributed by atoms with Crippen LogP contribution in [0.3, 0.4) is 0 Å². The van der Waals surface area contributed by atoms with E-state index in [1.165, 1.54) is 17.4 Å². The summed E-state index contributed by atoms with van der Waals surface area (Å²) in [5.74, 6) is -0.284. The fraction of sp³-hybridized carbons (Fsp3) is 0.250. The Labute approximate surface area is 103 Å². The maximum Gasteiger partial charge on any atom is 0.190 e. The molecular formula is C12H13FN2OS. The van der Waals surface area contributed by atoms with Crippen molar-refractivity contribution >= 4 is 22.2 Å². The van der Waals surface area contributed by atoms with Crippen LogP contribution in [0.25, 0.3) is 0 Å². The number of aromatic nitrogens is 1. The van der Waals surface area contributed by atoms with E-state index in [2.05, 4.69) is 4.98 Å². The summed E-state index contributed by atoms with van der Waals surface area (Å²) in [6.07, 6.45) is 0. The van der Waals surface area contributed by atoms with Crippen molar-refractivity contribution in [1.29, 1.82) is 0 Å². The minimum absolute atomic E-state index is 0.0331. The SMILES string of the molecule is Cc1nc(N(C)c2ccccc2F)sc1CO. The Kier molecular flexibility index (Phi) is 3.40. The zero-order valence-corrected chi connectivity index (χ0v) is 10.5. The first kappa shape index (κ1) is 12.0. The lowest BCUT2D eigenvalue weighted by Crippen LogP contribution is -2.10. The summed E-state index contributed by atoms with van der Waals surface area (Å²) in [4.78, 5) is 6.81. The quantitative estimate of drug-likeness (QED) is 0.912. The van der Waals surface area contributed by atoms with E-state index in [-0.39, 0.29) is 12.4 Å². The van der Waals surface area contributed by atoms with Gasteiger partial charge < -0.3 is 10.0 Å². The molecule has 1 aromatic carbocycles.